The van der Waals surface area contributed by atoms with Gasteiger partial charge in [0.25, 0.3) is 6.71 Å². The minimum absolute atomic E-state index is 0.0130. The first kappa shape index (κ1) is 46.6. The molecule has 0 saturated heterocycles. The molecule has 0 bridgehead atoms. The summed E-state index contributed by atoms with van der Waals surface area (Å²) < 4.78 is 19.0. The maximum Gasteiger partial charge on any atom is 0.256 e. The standard InChI is InChI=1S/C70H64BN3O2/c1-11-12-19-42-34-64-53(50-22-15-18-25-63(50)75-64)41-60(42)74-61-39-46(72-56-23-16-13-20-48(56)51-35-43(68(2,3)4)26-32-58(51)72)28-30-54(61)71-55-31-29-47(40-65(55)76-66-38-45(70(8,9)10)37-62(74)67(66)71)73-57-24-17-14-21-49(57)52-36-44(69(5,6)7)27-33-59(52)73/h13-18,20-41H,11-12,19H2,1-10H3. The first-order chi connectivity index (χ1) is 36.5. The second kappa shape index (κ2) is 16.5. The van der Waals surface area contributed by atoms with E-state index in [9.17, 15) is 0 Å². The molecule has 0 fully saturated rings. The maximum atomic E-state index is 7.45. The molecule has 5 heterocycles. The number of anilines is 3. The Labute approximate surface area is 446 Å². The predicted molar refractivity (Wildman–Crippen MR) is 323 cm³/mol. The van der Waals surface area contributed by atoms with Crippen molar-refractivity contribution in [3.8, 4) is 22.9 Å². The van der Waals surface area contributed by atoms with E-state index in [0.29, 0.717) is 0 Å². The lowest BCUT2D eigenvalue weighted by molar-refractivity contribution is 0.483. The predicted octanol–water partition coefficient (Wildman–Crippen LogP) is 17.4. The summed E-state index contributed by atoms with van der Waals surface area (Å²) >= 11 is 0. The molecular weight excluding hydrogens is 926 g/mol. The molecule has 0 atom stereocenters. The summed E-state index contributed by atoms with van der Waals surface area (Å²) in [6, 6.07) is 64.2. The van der Waals surface area contributed by atoms with E-state index in [4.69, 9.17) is 9.15 Å². The van der Waals surface area contributed by atoms with Crippen LogP contribution in [-0.2, 0) is 22.7 Å². The number of aryl methyl sites for hydroxylation is 1. The molecule has 0 spiro atoms. The van der Waals surface area contributed by atoms with Crippen LogP contribution in [-0.4, -0.2) is 15.8 Å². The van der Waals surface area contributed by atoms with Crippen molar-refractivity contribution in [2.24, 2.45) is 0 Å². The van der Waals surface area contributed by atoms with E-state index in [2.05, 4.69) is 253 Å². The van der Waals surface area contributed by atoms with Gasteiger partial charge in [0.05, 0.1) is 27.8 Å². The Balaban J connectivity index is 1.05. The zero-order valence-electron chi connectivity index (χ0n) is 45.5. The molecule has 2 aliphatic heterocycles. The number of hydrogen-bond acceptors (Lipinski definition) is 3. The van der Waals surface area contributed by atoms with Gasteiger partial charge < -0.3 is 23.2 Å². The molecule has 3 aromatic heterocycles. The minimum Gasteiger partial charge on any atom is -0.458 e. The number of aromatic nitrogens is 2. The first-order valence-corrected chi connectivity index (χ1v) is 27.5. The highest BCUT2D eigenvalue weighted by molar-refractivity contribution is 6.99. The fourth-order valence-corrected chi connectivity index (χ4v) is 12.7. The average Bonchev–Trinajstić information content (AvgIpc) is 4.06. The Morgan fingerprint density at radius 1 is 0.421 bits per heavy atom. The highest BCUT2D eigenvalue weighted by Gasteiger charge is 2.44. The summed E-state index contributed by atoms with van der Waals surface area (Å²) in [5.41, 5.74) is 21.0. The lowest BCUT2D eigenvalue weighted by Gasteiger charge is -2.42. The van der Waals surface area contributed by atoms with Crippen molar-refractivity contribution in [3.05, 3.63) is 192 Å². The van der Waals surface area contributed by atoms with Crippen LogP contribution in [0.2, 0.25) is 0 Å². The van der Waals surface area contributed by atoms with Crippen LogP contribution >= 0.6 is 0 Å². The molecule has 12 aromatic rings. The minimum atomic E-state index is -0.181. The third-order valence-electron chi connectivity index (χ3n) is 16.8. The van der Waals surface area contributed by atoms with Crippen LogP contribution in [0.15, 0.2) is 174 Å². The van der Waals surface area contributed by atoms with Crippen LogP contribution in [0.5, 0.6) is 11.5 Å². The summed E-state index contributed by atoms with van der Waals surface area (Å²) in [5.74, 6) is 1.80. The van der Waals surface area contributed by atoms with Crippen molar-refractivity contribution in [1.82, 2.24) is 9.13 Å². The fourth-order valence-electron chi connectivity index (χ4n) is 12.7. The molecule has 0 N–H and O–H groups in total. The van der Waals surface area contributed by atoms with E-state index >= 15 is 0 Å². The Kier molecular flexibility index (Phi) is 10.1. The summed E-state index contributed by atoms with van der Waals surface area (Å²) in [6.45, 7) is 23.0. The lowest BCUT2D eigenvalue weighted by Crippen LogP contribution is -2.59. The van der Waals surface area contributed by atoms with E-state index in [1.807, 2.05) is 0 Å². The van der Waals surface area contributed by atoms with Gasteiger partial charge in [0.1, 0.15) is 22.7 Å². The third-order valence-corrected chi connectivity index (χ3v) is 16.8. The van der Waals surface area contributed by atoms with E-state index in [0.717, 1.165) is 69.8 Å². The van der Waals surface area contributed by atoms with E-state index in [-0.39, 0.29) is 23.0 Å². The van der Waals surface area contributed by atoms with Gasteiger partial charge in [-0.15, -0.1) is 0 Å². The fraction of sp³-hybridized carbons (Fsp3) is 0.229. The van der Waals surface area contributed by atoms with E-state index < -0.39 is 0 Å². The number of benzene rings is 9. The summed E-state index contributed by atoms with van der Waals surface area (Å²) in [5, 5.41) is 7.30. The molecule has 0 radical (unpaired) electrons. The second-order valence-corrected chi connectivity index (χ2v) is 24.8. The Morgan fingerprint density at radius 2 is 0.987 bits per heavy atom. The zero-order chi connectivity index (χ0) is 52.2. The van der Waals surface area contributed by atoms with Gasteiger partial charge in [-0.05, 0) is 153 Å². The zero-order valence-corrected chi connectivity index (χ0v) is 45.5. The van der Waals surface area contributed by atoms with Crippen molar-refractivity contribution >= 4 is 106 Å². The SMILES string of the molecule is CCCCc1cc2oc3ccccc3c2cc1N1c2cc(-n3c4ccccc4c4cc(C(C)(C)C)ccc43)ccc2B2c3ccc(-n4c5ccccc5c5cc(C(C)(C)C)ccc54)cc3Oc3cc(C(C)(C)C)cc1c32. The topological polar surface area (TPSA) is 35.5 Å². The summed E-state index contributed by atoms with van der Waals surface area (Å²) in [4.78, 5) is 2.61. The van der Waals surface area contributed by atoms with Crippen molar-refractivity contribution in [2.45, 2.75) is 105 Å². The molecule has 0 aliphatic carbocycles. The Morgan fingerprint density at radius 3 is 1.61 bits per heavy atom. The number of hydrogen-bond donors (Lipinski definition) is 0. The number of unbranched alkanes of at least 4 members (excludes halogenated alkanes) is 1. The number of ether oxygens (including phenoxy) is 1. The van der Waals surface area contributed by atoms with Gasteiger partial charge in [-0.1, -0.05) is 155 Å². The molecule has 76 heavy (non-hydrogen) atoms. The molecule has 6 heteroatoms. The average molecular weight is 990 g/mol. The van der Waals surface area contributed by atoms with Gasteiger partial charge >= 0.3 is 0 Å². The van der Waals surface area contributed by atoms with Crippen molar-refractivity contribution in [1.29, 1.82) is 0 Å². The molecule has 2 aliphatic rings. The summed E-state index contributed by atoms with van der Waals surface area (Å²) in [7, 11) is 0. The largest absolute Gasteiger partial charge is 0.458 e. The maximum absolute atomic E-state index is 7.45. The number of rotatable bonds is 6. The number of para-hydroxylation sites is 3. The van der Waals surface area contributed by atoms with E-state index in [1.54, 1.807) is 0 Å². The Hall–Kier alpha value is -7.96. The molecule has 14 rings (SSSR count). The van der Waals surface area contributed by atoms with Gasteiger partial charge in [0.15, 0.2) is 0 Å². The van der Waals surface area contributed by atoms with Crippen molar-refractivity contribution < 1.29 is 9.15 Å². The smallest absolute Gasteiger partial charge is 0.256 e. The highest BCUT2D eigenvalue weighted by atomic mass is 16.5. The number of fused-ring (bicyclic) bond motifs is 13. The highest BCUT2D eigenvalue weighted by Crippen LogP contribution is 2.48. The lowest BCUT2D eigenvalue weighted by atomic mass is 9.34. The number of furan rings is 1. The Bertz CT molecular complexity index is 4390. The van der Waals surface area contributed by atoms with Gasteiger partial charge in [-0.3, -0.25) is 0 Å². The third kappa shape index (κ3) is 7.05. The molecular formula is C70H64BN3O2. The normalized spacial score (nSPS) is 13.6. The van der Waals surface area contributed by atoms with Crippen molar-refractivity contribution in [2.75, 3.05) is 4.90 Å². The van der Waals surface area contributed by atoms with Crippen LogP contribution in [0.3, 0.4) is 0 Å². The van der Waals surface area contributed by atoms with Crippen LogP contribution in [0.4, 0.5) is 17.1 Å². The van der Waals surface area contributed by atoms with Crippen LogP contribution in [0.25, 0.3) is 76.9 Å². The van der Waals surface area contributed by atoms with Gasteiger partial charge in [0.2, 0.25) is 0 Å². The van der Waals surface area contributed by atoms with E-state index in [1.165, 1.54) is 93.6 Å². The van der Waals surface area contributed by atoms with Crippen molar-refractivity contribution in [3.63, 3.8) is 0 Å². The van der Waals surface area contributed by atoms with Crippen LogP contribution < -0.4 is 26.0 Å². The second-order valence-electron chi connectivity index (χ2n) is 24.8. The molecule has 5 nitrogen and oxygen atoms in total. The molecule has 374 valence electrons. The van der Waals surface area contributed by atoms with Crippen LogP contribution in [0.1, 0.15) is 104 Å². The first-order valence-electron chi connectivity index (χ1n) is 27.5. The summed E-state index contributed by atoms with van der Waals surface area (Å²) in [6.07, 6.45) is 3.06. The molecule has 0 amide bonds. The monoisotopic (exact) mass is 990 g/mol. The molecule has 9 aromatic carbocycles. The van der Waals surface area contributed by atoms with Gasteiger partial charge in [0, 0.05) is 61.1 Å². The molecule has 0 unspecified atom stereocenters. The van der Waals surface area contributed by atoms with Crippen LogP contribution in [0, 0.1) is 0 Å². The number of nitrogens with zero attached hydrogens (tertiary/aromatic N) is 3. The quantitative estimate of drug-likeness (QED) is 0.156. The molecule has 0 saturated carbocycles. The van der Waals surface area contributed by atoms with Gasteiger partial charge in [-0.25, -0.2) is 0 Å². The van der Waals surface area contributed by atoms with Gasteiger partial charge in [-0.2, -0.15) is 0 Å².